The van der Waals surface area contributed by atoms with E-state index < -0.39 is 6.67 Å². The predicted molar refractivity (Wildman–Crippen MR) is 113 cm³/mol. The van der Waals surface area contributed by atoms with Gasteiger partial charge in [0, 0.05) is 36.6 Å². The lowest BCUT2D eigenvalue weighted by molar-refractivity contribution is 0.156. The minimum absolute atomic E-state index is 0.206. The predicted octanol–water partition coefficient (Wildman–Crippen LogP) is 3.56. The quantitative estimate of drug-likeness (QED) is 0.365. The van der Waals surface area contributed by atoms with Crippen LogP contribution in [0.3, 0.4) is 0 Å². The number of aromatic nitrogens is 6. The second-order valence-electron chi connectivity index (χ2n) is 7.11. The van der Waals surface area contributed by atoms with E-state index in [2.05, 4.69) is 25.4 Å². The van der Waals surface area contributed by atoms with Crippen LogP contribution in [0.15, 0.2) is 53.2 Å². The van der Waals surface area contributed by atoms with Gasteiger partial charge < -0.3 is 14.0 Å². The number of fused-ring (bicyclic) bond motifs is 3. The van der Waals surface area contributed by atoms with Crippen LogP contribution in [0.4, 0.5) is 4.39 Å². The van der Waals surface area contributed by atoms with E-state index in [0.29, 0.717) is 47.5 Å². The van der Waals surface area contributed by atoms with Crippen molar-refractivity contribution < 1.29 is 18.4 Å². The molecule has 0 amide bonds. The van der Waals surface area contributed by atoms with Crippen molar-refractivity contribution in [2.45, 2.75) is 19.6 Å². The number of alkyl halides is 1. The van der Waals surface area contributed by atoms with Gasteiger partial charge in [0.15, 0.2) is 17.1 Å². The van der Waals surface area contributed by atoms with E-state index in [1.807, 2.05) is 36.4 Å². The van der Waals surface area contributed by atoms with Gasteiger partial charge in [0.25, 0.3) is 0 Å². The number of hydrogen-bond acceptors (Lipinski definition) is 8. The summed E-state index contributed by atoms with van der Waals surface area (Å²) in [6.45, 7) is 0.0938. The van der Waals surface area contributed by atoms with E-state index >= 15 is 0 Å². The number of methoxy groups -OCH3 is 1. The highest BCUT2D eigenvalue weighted by Crippen LogP contribution is 2.29. The second-order valence-corrected chi connectivity index (χ2v) is 7.11. The average molecular weight is 434 g/mol. The Hall–Kier alpha value is -3.92. The van der Waals surface area contributed by atoms with Crippen molar-refractivity contribution in [2.75, 3.05) is 13.8 Å². The molecular formula is C22H19FN6O3. The number of nitrogens with zero attached hydrogens (tertiary/aromatic N) is 6. The van der Waals surface area contributed by atoms with E-state index in [1.54, 1.807) is 23.9 Å². The zero-order valence-corrected chi connectivity index (χ0v) is 17.2. The van der Waals surface area contributed by atoms with Crippen LogP contribution in [0.25, 0.3) is 27.9 Å². The first-order valence-electron chi connectivity index (χ1n) is 9.98. The average Bonchev–Trinajstić information content (AvgIpc) is 3.46. The molecule has 32 heavy (non-hydrogen) atoms. The van der Waals surface area contributed by atoms with Crippen LogP contribution in [0, 0.1) is 0 Å². The highest BCUT2D eigenvalue weighted by Gasteiger charge is 2.19. The van der Waals surface area contributed by atoms with E-state index in [4.69, 9.17) is 14.0 Å². The van der Waals surface area contributed by atoms with Gasteiger partial charge in [0.2, 0.25) is 11.7 Å². The Labute approximate surface area is 181 Å². The van der Waals surface area contributed by atoms with E-state index in [9.17, 15) is 4.39 Å². The molecule has 0 aliphatic rings. The lowest BCUT2D eigenvalue weighted by atomic mass is 10.2. The molecule has 0 N–H and O–H groups in total. The molecule has 0 saturated heterocycles. The molecular weight excluding hydrogens is 415 g/mol. The normalized spacial score (nSPS) is 11.4. The van der Waals surface area contributed by atoms with E-state index in [0.717, 1.165) is 16.3 Å². The zero-order chi connectivity index (χ0) is 21.9. The number of halogens is 1. The Balaban J connectivity index is 1.52. The summed E-state index contributed by atoms with van der Waals surface area (Å²) >= 11 is 0. The van der Waals surface area contributed by atoms with Crippen LogP contribution in [-0.4, -0.2) is 43.7 Å². The first-order valence-corrected chi connectivity index (χ1v) is 9.98. The molecule has 0 aliphatic heterocycles. The highest BCUT2D eigenvalue weighted by molar-refractivity contribution is 5.96. The molecule has 0 saturated carbocycles. The van der Waals surface area contributed by atoms with Crippen LogP contribution in [0.5, 0.6) is 5.88 Å². The van der Waals surface area contributed by atoms with Crippen molar-refractivity contribution in [1.82, 2.24) is 30.0 Å². The summed E-state index contributed by atoms with van der Waals surface area (Å²) in [6.07, 6.45) is 2.01. The molecule has 4 heterocycles. The maximum Gasteiger partial charge on any atom is 0.240 e. The first-order chi connectivity index (χ1) is 15.8. The molecule has 0 fully saturated rings. The van der Waals surface area contributed by atoms with Gasteiger partial charge in [-0.1, -0.05) is 29.4 Å². The SMILES string of the molecule is COCc1cc(-c2nnc3c4ccccc4c(OCc4ccc(CCF)cn4)nn23)no1. The Morgan fingerprint density at radius 3 is 2.72 bits per heavy atom. The van der Waals surface area contributed by atoms with Crippen molar-refractivity contribution in [3.05, 3.63) is 65.7 Å². The molecule has 0 spiro atoms. The Kier molecular flexibility index (Phi) is 5.42. The smallest absolute Gasteiger partial charge is 0.240 e. The molecule has 1 aromatic carbocycles. The van der Waals surface area contributed by atoms with Gasteiger partial charge in [0.1, 0.15) is 13.2 Å². The van der Waals surface area contributed by atoms with E-state index in [-0.39, 0.29) is 6.61 Å². The van der Waals surface area contributed by atoms with Crippen LogP contribution in [0.2, 0.25) is 0 Å². The van der Waals surface area contributed by atoms with Crippen LogP contribution < -0.4 is 4.74 Å². The Morgan fingerprint density at radius 1 is 1.06 bits per heavy atom. The van der Waals surface area contributed by atoms with Gasteiger partial charge in [-0.25, -0.2) is 0 Å². The van der Waals surface area contributed by atoms with Crippen LogP contribution in [0.1, 0.15) is 17.0 Å². The molecule has 0 radical (unpaired) electrons. The van der Waals surface area contributed by atoms with Crippen LogP contribution >= 0.6 is 0 Å². The van der Waals surface area contributed by atoms with Gasteiger partial charge in [-0.15, -0.1) is 15.3 Å². The lowest BCUT2D eigenvalue weighted by Crippen LogP contribution is -2.04. The molecule has 5 aromatic rings. The monoisotopic (exact) mass is 434 g/mol. The van der Waals surface area contributed by atoms with Gasteiger partial charge in [-0.05, 0) is 17.7 Å². The molecule has 9 nitrogen and oxygen atoms in total. The number of aryl methyl sites for hydroxylation is 1. The van der Waals surface area contributed by atoms with Gasteiger partial charge in [0.05, 0.1) is 12.4 Å². The fourth-order valence-corrected chi connectivity index (χ4v) is 3.39. The fraction of sp³-hybridized carbons (Fsp3) is 0.227. The summed E-state index contributed by atoms with van der Waals surface area (Å²) in [4.78, 5) is 4.34. The zero-order valence-electron chi connectivity index (χ0n) is 17.2. The molecule has 0 aliphatic carbocycles. The third kappa shape index (κ3) is 3.76. The summed E-state index contributed by atoms with van der Waals surface area (Å²) in [6, 6.07) is 13.1. The third-order valence-electron chi connectivity index (χ3n) is 4.93. The maximum atomic E-state index is 12.5. The number of pyridine rings is 1. The standard InChI is InChI=1S/C22H19FN6O3/c1-30-13-16-10-19(28-32-16)21-26-25-20-17-4-2-3-5-18(17)22(27-29(20)21)31-12-15-7-6-14(8-9-23)11-24-15/h2-7,10-11H,8-9,12-13H2,1H3. The molecule has 5 rings (SSSR count). The molecule has 0 bridgehead atoms. The van der Waals surface area contributed by atoms with E-state index in [1.165, 1.54) is 0 Å². The molecule has 4 aromatic heterocycles. The topological polar surface area (TPSA) is 100 Å². The van der Waals surface area contributed by atoms with Crippen molar-refractivity contribution in [3.8, 4) is 17.4 Å². The van der Waals surface area contributed by atoms with Gasteiger partial charge in [-0.2, -0.15) is 4.52 Å². The molecule has 162 valence electrons. The Bertz CT molecular complexity index is 1370. The fourth-order valence-electron chi connectivity index (χ4n) is 3.39. The minimum Gasteiger partial charge on any atom is -0.470 e. The molecule has 10 heteroatoms. The summed E-state index contributed by atoms with van der Waals surface area (Å²) < 4.78 is 30.5. The number of benzene rings is 1. The third-order valence-corrected chi connectivity index (χ3v) is 4.93. The summed E-state index contributed by atoms with van der Waals surface area (Å²) in [7, 11) is 1.58. The summed E-state index contributed by atoms with van der Waals surface area (Å²) in [5.41, 5.74) is 2.62. The number of ether oxygens (including phenoxy) is 2. The summed E-state index contributed by atoms with van der Waals surface area (Å²) in [5.74, 6) is 1.40. The number of hydrogen-bond donors (Lipinski definition) is 0. The molecule has 0 atom stereocenters. The van der Waals surface area contributed by atoms with Crippen molar-refractivity contribution in [3.63, 3.8) is 0 Å². The largest absolute Gasteiger partial charge is 0.470 e. The minimum atomic E-state index is -0.410. The second kappa shape index (κ2) is 8.67. The summed E-state index contributed by atoms with van der Waals surface area (Å²) in [5, 5.41) is 18.9. The Morgan fingerprint density at radius 2 is 1.94 bits per heavy atom. The molecule has 0 unspecified atom stereocenters. The van der Waals surface area contributed by atoms with Crippen molar-refractivity contribution in [1.29, 1.82) is 0 Å². The van der Waals surface area contributed by atoms with Gasteiger partial charge >= 0.3 is 0 Å². The number of rotatable bonds is 8. The van der Waals surface area contributed by atoms with Crippen LogP contribution in [-0.2, 0) is 24.4 Å². The lowest BCUT2D eigenvalue weighted by Gasteiger charge is -2.09. The highest BCUT2D eigenvalue weighted by atomic mass is 19.1. The van der Waals surface area contributed by atoms with Crippen molar-refractivity contribution in [2.24, 2.45) is 0 Å². The first kappa shape index (κ1) is 20.0. The maximum absolute atomic E-state index is 12.5. The van der Waals surface area contributed by atoms with Gasteiger partial charge in [-0.3, -0.25) is 9.37 Å². The van der Waals surface area contributed by atoms with Crippen molar-refractivity contribution >= 4 is 16.4 Å².